The largest absolute Gasteiger partial charge is 0.339 e. The summed E-state index contributed by atoms with van der Waals surface area (Å²) >= 11 is 0. The van der Waals surface area contributed by atoms with Crippen molar-refractivity contribution < 1.29 is 27.0 Å². The van der Waals surface area contributed by atoms with Crippen LogP contribution in [0.5, 0.6) is 0 Å². The number of aromatic nitrogens is 4. The molecule has 0 atom stereocenters. The zero-order chi connectivity index (χ0) is 30.0. The van der Waals surface area contributed by atoms with Crippen molar-refractivity contribution in [2.45, 2.75) is 119 Å². The van der Waals surface area contributed by atoms with Crippen molar-refractivity contribution in [2.24, 2.45) is 10.8 Å². The number of hydrogen-bond acceptors (Lipinski definition) is 7. The Morgan fingerprint density at radius 2 is 1.61 bits per heavy atom. The number of alkyl halides is 3. The van der Waals surface area contributed by atoms with Crippen molar-refractivity contribution in [2.75, 3.05) is 11.4 Å². The minimum atomic E-state index is -2.68. The predicted molar refractivity (Wildman–Crippen MR) is 152 cm³/mol. The highest BCUT2D eigenvalue weighted by Gasteiger charge is 2.69. The second-order valence-electron chi connectivity index (χ2n) is 15.3. The zero-order valence-electron chi connectivity index (χ0n) is 24.7. The topological polar surface area (TPSA) is 98.2 Å². The molecule has 0 aliphatic heterocycles. The van der Waals surface area contributed by atoms with Crippen LogP contribution in [0.4, 0.5) is 18.9 Å². The van der Waals surface area contributed by atoms with Crippen LogP contribution in [0.15, 0.2) is 33.3 Å². The standard InChI is InChI=1S/C33H36F3N5O3/c34-32-16-30(17-32,18-32)15-24(42)41(23-3-1-2-21(12-23)26-37-27(43-39-26)22-13-33(35,36)14-22)19-29-6-9-31(10-7-29,11-8-29)28-38-25(40-44-28)20-4-5-20/h1-3,12,20,22H,4-11,13-19H2. The second kappa shape index (κ2) is 8.94. The lowest BCUT2D eigenvalue weighted by atomic mass is 9.41. The molecule has 8 fully saturated rings. The smallest absolute Gasteiger partial charge is 0.249 e. The van der Waals surface area contributed by atoms with Gasteiger partial charge < -0.3 is 13.9 Å². The Morgan fingerprint density at radius 1 is 0.886 bits per heavy atom. The molecule has 8 nitrogen and oxygen atoms in total. The van der Waals surface area contributed by atoms with Gasteiger partial charge >= 0.3 is 0 Å². The lowest BCUT2D eigenvalue weighted by molar-refractivity contribution is -0.215. The summed E-state index contributed by atoms with van der Waals surface area (Å²) in [5, 5.41) is 8.38. The van der Waals surface area contributed by atoms with E-state index in [4.69, 9.17) is 14.0 Å². The molecule has 0 N–H and O–H groups in total. The molecule has 0 unspecified atom stereocenters. The van der Waals surface area contributed by atoms with Crippen molar-refractivity contribution in [3.05, 3.63) is 41.9 Å². The van der Waals surface area contributed by atoms with E-state index >= 15 is 0 Å². The molecular weight excluding hydrogens is 571 g/mol. The summed E-state index contributed by atoms with van der Waals surface area (Å²) in [7, 11) is 0. The molecular formula is C33H36F3N5O3. The Kier molecular flexibility index (Phi) is 5.50. The Morgan fingerprint density at radius 3 is 2.27 bits per heavy atom. The molecule has 232 valence electrons. The molecule has 2 aromatic heterocycles. The van der Waals surface area contributed by atoms with Gasteiger partial charge in [0, 0.05) is 54.3 Å². The summed E-state index contributed by atoms with van der Waals surface area (Å²) in [6.45, 7) is 0.591. The van der Waals surface area contributed by atoms with Crippen LogP contribution in [-0.4, -0.2) is 44.3 Å². The number of amides is 1. The summed E-state index contributed by atoms with van der Waals surface area (Å²) in [4.78, 5) is 25.3. The highest BCUT2D eigenvalue weighted by molar-refractivity contribution is 5.94. The fourth-order valence-electron chi connectivity index (χ4n) is 9.07. The molecule has 11 heteroatoms. The van der Waals surface area contributed by atoms with E-state index in [0.29, 0.717) is 49.5 Å². The van der Waals surface area contributed by atoms with Gasteiger partial charge in [0.1, 0.15) is 5.67 Å². The summed E-state index contributed by atoms with van der Waals surface area (Å²) in [6, 6.07) is 7.54. The normalized spacial score (nSPS) is 35.1. The SMILES string of the molecule is O=C(CC12CC(F)(C1)C2)N(CC12CCC(c3nc(C4CC4)no3)(CC1)CC2)c1cccc(-c2noc(C3CC(F)(F)C3)n2)c1. The van der Waals surface area contributed by atoms with Crippen LogP contribution in [0.25, 0.3) is 11.4 Å². The third-order valence-corrected chi connectivity index (χ3v) is 11.9. The molecule has 3 aromatic rings. The van der Waals surface area contributed by atoms with E-state index in [1.54, 1.807) is 0 Å². The van der Waals surface area contributed by atoms with E-state index in [1.807, 2.05) is 29.2 Å². The number of nitrogens with zero attached hydrogens (tertiary/aromatic N) is 5. The molecule has 0 radical (unpaired) electrons. The van der Waals surface area contributed by atoms with Gasteiger partial charge in [0.25, 0.3) is 0 Å². The van der Waals surface area contributed by atoms with Crippen LogP contribution >= 0.6 is 0 Å². The van der Waals surface area contributed by atoms with Crippen LogP contribution in [0.1, 0.15) is 119 Å². The Hall–Kier alpha value is -3.24. The molecule has 0 saturated heterocycles. The van der Waals surface area contributed by atoms with Crippen molar-refractivity contribution in [1.29, 1.82) is 0 Å². The fourth-order valence-corrected chi connectivity index (χ4v) is 9.07. The third kappa shape index (κ3) is 4.35. The maximum absolute atomic E-state index is 14.4. The van der Waals surface area contributed by atoms with E-state index in [1.165, 1.54) is 0 Å². The van der Waals surface area contributed by atoms with Crippen molar-refractivity contribution >= 4 is 11.6 Å². The van der Waals surface area contributed by atoms with E-state index in [0.717, 1.165) is 68.8 Å². The number of anilines is 1. The number of fused-ring (bicyclic) bond motifs is 3. The lowest BCUT2D eigenvalue weighted by Crippen LogP contribution is -2.65. The summed E-state index contributed by atoms with van der Waals surface area (Å²) in [5.41, 5.74) is 0.0491. The number of carbonyl (C=O) groups excluding carboxylic acids is 1. The molecule has 8 saturated carbocycles. The Balaban J connectivity index is 0.964. The van der Waals surface area contributed by atoms with Crippen molar-refractivity contribution in [3.63, 3.8) is 0 Å². The lowest BCUT2D eigenvalue weighted by Gasteiger charge is -2.66. The van der Waals surface area contributed by atoms with Crippen molar-refractivity contribution in [3.8, 4) is 11.4 Å². The molecule has 44 heavy (non-hydrogen) atoms. The van der Waals surface area contributed by atoms with Gasteiger partial charge in [-0.1, -0.05) is 22.4 Å². The molecule has 4 bridgehead atoms. The predicted octanol–water partition coefficient (Wildman–Crippen LogP) is 7.42. The van der Waals surface area contributed by atoms with E-state index in [-0.39, 0.29) is 40.9 Å². The number of benzene rings is 1. The van der Waals surface area contributed by atoms with Gasteiger partial charge in [-0.3, -0.25) is 4.79 Å². The van der Waals surface area contributed by atoms with Gasteiger partial charge in [-0.15, -0.1) is 0 Å². The van der Waals surface area contributed by atoms with Gasteiger partial charge in [-0.2, -0.15) is 9.97 Å². The zero-order valence-corrected chi connectivity index (χ0v) is 24.7. The van der Waals surface area contributed by atoms with Crippen LogP contribution < -0.4 is 4.90 Å². The average molecular weight is 608 g/mol. The van der Waals surface area contributed by atoms with Gasteiger partial charge in [0.2, 0.25) is 29.4 Å². The Labute approximate surface area is 253 Å². The minimum absolute atomic E-state index is 0.0252. The number of halogens is 3. The van der Waals surface area contributed by atoms with Crippen LogP contribution in [0.3, 0.4) is 0 Å². The Bertz CT molecular complexity index is 1590. The first-order valence-corrected chi connectivity index (χ1v) is 16.2. The van der Waals surface area contributed by atoms with Gasteiger partial charge in [-0.25, -0.2) is 13.2 Å². The quantitative estimate of drug-likeness (QED) is 0.250. The fraction of sp³-hybridized carbons (Fsp3) is 0.667. The van der Waals surface area contributed by atoms with Gasteiger partial charge in [0.15, 0.2) is 5.82 Å². The summed E-state index contributed by atoms with van der Waals surface area (Å²) in [5.74, 6) is -0.422. The van der Waals surface area contributed by atoms with E-state index in [2.05, 4.69) is 15.3 Å². The first-order chi connectivity index (χ1) is 21.0. The highest BCUT2D eigenvalue weighted by atomic mass is 19.3. The minimum Gasteiger partial charge on any atom is -0.339 e. The molecule has 11 rings (SSSR count). The van der Waals surface area contributed by atoms with E-state index in [9.17, 15) is 18.0 Å². The number of carbonyl (C=O) groups is 1. The summed E-state index contributed by atoms with van der Waals surface area (Å²) < 4.78 is 52.4. The third-order valence-electron chi connectivity index (χ3n) is 11.9. The number of hydrogen-bond donors (Lipinski definition) is 0. The first-order valence-electron chi connectivity index (χ1n) is 16.2. The summed E-state index contributed by atoms with van der Waals surface area (Å²) in [6.07, 6.45) is 9.28. The second-order valence-corrected chi connectivity index (χ2v) is 15.3. The van der Waals surface area contributed by atoms with E-state index < -0.39 is 17.5 Å². The number of rotatable bonds is 9. The molecule has 8 aliphatic carbocycles. The van der Waals surface area contributed by atoms with Gasteiger partial charge in [0.05, 0.1) is 0 Å². The molecule has 1 aromatic carbocycles. The van der Waals surface area contributed by atoms with Crippen LogP contribution in [-0.2, 0) is 10.2 Å². The first kappa shape index (κ1) is 27.1. The van der Waals surface area contributed by atoms with Gasteiger partial charge in [-0.05, 0) is 93.6 Å². The molecule has 0 spiro atoms. The molecule has 1 amide bonds. The van der Waals surface area contributed by atoms with Crippen molar-refractivity contribution in [1.82, 2.24) is 20.3 Å². The van der Waals surface area contributed by atoms with Crippen LogP contribution in [0.2, 0.25) is 0 Å². The van der Waals surface area contributed by atoms with Crippen LogP contribution in [0, 0.1) is 10.8 Å². The maximum atomic E-state index is 14.4. The maximum Gasteiger partial charge on any atom is 0.249 e. The highest BCUT2D eigenvalue weighted by Crippen LogP contribution is 2.71. The molecule has 8 aliphatic rings. The average Bonchev–Trinajstić information content (AvgIpc) is 3.48. The molecule has 2 heterocycles. The monoisotopic (exact) mass is 607 g/mol.